The average Bonchev–Trinajstić information content (AvgIpc) is 3.12. The van der Waals surface area contributed by atoms with Crippen LogP contribution in [0.3, 0.4) is 0 Å². The van der Waals surface area contributed by atoms with Crippen LogP contribution in [-0.4, -0.2) is 47.8 Å². The average molecular weight is 340 g/mol. The van der Waals surface area contributed by atoms with Crippen LogP contribution in [0.1, 0.15) is 32.8 Å². The third-order valence-electron chi connectivity index (χ3n) is 4.82. The number of carbonyl (C=O) groups excluding carboxylic acids is 2. The van der Waals surface area contributed by atoms with Crippen molar-refractivity contribution in [2.45, 2.75) is 27.2 Å². The van der Waals surface area contributed by atoms with Crippen molar-refractivity contribution in [2.75, 3.05) is 26.2 Å². The van der Waals surface area contributed by atoms with Crippen molar-refractivity contribution in [1.29, 1.82) is 0 Å². The Kier molecular flexibility index (Phi) is 4.93. The van der Waals surface area contributed by atoms with E-state index < -0.39 is 0 Å². The van der Waals surface area contributed by atoms with Crippen molar-refractivity contribution in [3.8, 4) is 0 Å². The molecular weight excluding hydrogens is 316 g/mol. The summed E-state index contributed by atoms with van der Waals surface area (Å²) in [5.41, 5.74) is 4.66. The van der Waals surface area contributed by atoms with E-state index in [1.807, 2.05) is 4.90 Å². The molecule has 1 fully saturated rings. The molecule has 2 heterocycles. The minimum absolute atomic E-state index is 0.109. The number of piperazine rings is 1. The lowest BCUT2D eigenvalue weighted by Crippen LogP contribution is -2.51. The molecule has 1 aromatic carbocycles. The van der Waals surface area contributed by atoms with Gasteiger partial charge in [0.1, 0.15) is 0 Å². The Balaban J connectivity index is 1.60. The smallest absolute Gasteiger partial charge is 0.289 e. The summed E-state index contributed by atoms with van der Waals surface area (Å²) in [5, 5.41) is 0. The van der Waals surface area contributed by atoms with Crippen molar-refractivity contribution in [3.63, 3.8) is 0 Å². The maximum absolute atomic E-state index is 12.7. The van der Waals surface area contributed by atoms with E-state index in [0.717, 1.165) is 16.7 Å². The van der Waals surface area contributed by atoms with Gasteiger partial charge in [-0.2, -0.15) is 0 Å². The number of benzene rings is 1. The van der Waals surface area contributed by atoms with E-state index in [9.17, 15) is 9.59 Å². The van der Waals surface area contributed by atoms with E-state index in [4.69, 9.17) is 4.42 Å². The third-order valence-corrected chi connectivity index (χ3v) is 4.82. The lowest BCUT2D eigenvalue weighted by Gasteiger charge is -2.34. The molecule has 0 saturated carbocycles. The van der Waals surface area contributed by atoms with Crippen LogP contribution in [0.25, 0.3) is 0 Å². The summed E-state index contributed by atoms with van der Waals surface area (Å²) in [6.45, 7) is 8.39. The summed E-state index contributed by atoms with van der Waals surface area (Å²) < 4.78 is 5.17. The maximum Gasteiger partial charge on any atom is 0.289 e. The summed E-state index contributed by atoms with van der Waals surface area (Å²) in [6.07, 6.45) is 1.92. The highest BCUT2D eigenvalue weighted by Gasteiger charge is 2.26. The first-order valence-electron chi connectivity index (χ1n) is 8.63. The molecule has 0 aliphatic carbocycles. The minimum Gasteiger partial charge on any atom is -0.459 e. The molecule has 0 bridgehead atoms. The van der Waals surface area contributed by atoms with E-state index in [0.29, 0.717) is 38.4 Å². The second-order valence-corrected chi connectivity index (χ2v) is 6.70. The van der Waals surface area contributed by atoms with E-state index in [2.05, 4.69) is 32.9 Å². The molecule has 5 nitrogen and oxygen atoms in total. The second-order valence-electron chi connectivity index (χ2n) is 6.70. The monoisotopic (exact) mass is 340 g/mol. The van der Waals surface area contributed by atoms with E-state index >= 15 is 0 Å². The van der Waals surface area contributed by atoms with E-state index in [-0.39, 0.29) is 11.8 Å². The first-order chi connectivity index (χ1) is 12.0. The first-order valence-corrected chi connectivity index (χ1v) is 8.63. The fraction of sp³-hybridized carbons (Fsp3) is 0.400. The van der Waals surface area contributed by atoms with Gasteiger partial charge in [0.15, 0.2) is 5.76 Å². The number of rotatable bonds is 3. The molecule has 0 N–H and O–H groups in total. The van der Waals surface area contributed by atoms with Gasteiger partial charge in [-0.05, 0) is 49.6 Å². The summed E-state index contributed by atoms with van der Waals surface area (Å²) in [6, 6.07) is 7.62. The highest BCUT2D eigenvalue weighted by Crippen LogP contribution is 2.18. The van der Waals surface area contributed by atoms with Gasteiger partial charge >= 0.3 is 0 Å². The number of carbonyl (C=O) groups is 2. The number of aryl methyl sites for hydroxylation is 3. The van der Waals surface area contributed by atoms with E-state index in [1.165, 1.54) is 11.8 Å². The van der Waals surface area contributed by atoms with Crippen LogP contribution < -0.4 is 0 Å². The quantitative estimate of drug-likeness (QED) is 0.863. The predicted molar refractivity (Wildman–Crippen MR) is 95.5 cm³/mol. The van der Waals surface area contributed by atoms with Crippen molar-refractivity contribution in [2.24, 2.45) is 0 Å². The van der Waals surface area contributed by atoms with Gasteiger partial charge in [-0.15, -0.1) is 0 Å². The zero-order chi connectivity index (χ0) is 18.0. The molecule has 25 heavy (non-hydrogen) atoms. The summed E-state index contributed by atoms with van der Waals surface area (Å²) >= 11 is 0. The molecule has 3 rings (SSSR count). The Morgan fingerprint density at radius 2 is 1.60 bits per heavy atom. The SMILES string of the molecule is Cc1cc(C)c(CC(=O)N2CCN(C(=O)c3ccco3)CC2)c(C)c1. The minimum atomic E-state index is -0.109. The third kappa shape index (κ3) is 3.76. The number of amides is 2. The Hall–Kier alpha value is -2.56. The zero-order valence-electron chi connectivity index (χ0n) is 15.0. The normalized spacial score (nSPS) is 14.7. The Morgan fingerprint density at radius 1 is 1.00 bits per heavy atom. The van der Waals surface area contributed by atoms with E-state index in [1.54, 1.807) is 17.0 Å². The number of furan rings is 1. The molecule has 2 aromatic rings. The van der Waals surface area contributed by atoms with Crippen molar-refractivity contribution in [1.82, 2.24) is 9.80 Å². The van der Waals surface area contributed by atoms with Crippen molar-refractivity contribution >= 4 is 11.8 Å². The van der Waals surface area contributed by atoms with Gasteiger partial charge in [0, 0.05) is 26.2 Å². The number of hydrogen-bond acceptors (Lipinski definition) is 3. The highest BCUT2D eigenvalue weighted by molar-refractivity contribution is 5.91. The Labute approximate surface area is 148 Å². The molecule has 1 aliphatic rings. The van der Waals surface area contributed by atoms with Gasteiger partial charge in [0.25, 0.3) is 5.91 Å². The molecule has 132 valence electrons. The number of hydrogen-bond donors (Lipinski definition) is 0. The fourth-order valence-corrected chi connectivity index (χ4v) is 3.47. The van der Waals surface area contributed by atoms with Crippen molar-refractivity contribution < 1.29 is 14.0 Å². The van der Waals surface area contributed by atoms with Crippen LogP contribution in [0, 0.1) is 20.8 Å². The van der Waals surface area contributed by atoms with Crippen molar-refractivity contribution in [3.05, 3.63) is 58.5 Å². The molecule has 1 aliphatic heterocycles. The Bertz CT molecular complexity index is 749. The highest BCUT2D eigenvalue weighted by atomic mass is 16.3. The molecule has 5 heteroatoms. The maximum atomic E-state index is 12.7. The molecule has 0 atom stereocenters. The van der Waals surface area contributed by atoms with Crippen LogP contribution in [-0.2, 0) is 11.2 Å². The molecule has 0 radical (unpaired) electrons. The Morgan fingerprint density at radius 3 is 2.16 bits per heavy atom. The van der Waals surface area contributed by atoms with Crippen LogP contribution >= 0.6 is 0 Å². The lowest BCUT2D eigenvalue weighted by molar-refractivity contribution is -0.131. The van der Waals surface area contributed by atoms with Gasteiger partial charge in [-0.1, -0.05) is 17.7 Å². The summed E-state index contributed by atoms with van der Waals surface area (Å²) in [4.78, 5) is 28.5. The summed E-state index contributed by atoms with van der Waals surface area (Å²) in [5.74, 6) is 0.369. The fourth-order valence-electron chi connectivity index (χ4n) is 3.47. The molecule has 0 unspecified atom stereocenters. The van der Waals surface area contributed by atoms with Crippen LogP contribution in [0.15, 0.2) is 34.9 Å². The van der Waals surface area contributed by atoms with Gasteiger partial charge in [0.05, 0.1) is 12.7 Å². The second kappa shape index (κ2) is 7.13. The van der Waals surface area contributed by atoms with Gasteiger partial charge in [-0.3, -0.25) is 9.59 Å². The van der Waals surface area contributed by atoms with Crippen LogP contribution in [0.4, 0.5) is 0 Å². The first kappa shape index (κ1) is 17.3. The molecule has 2 amide bonds. The van der Waals surface area contributed by atoms with Crippen LogP contribution in [0.5, 0.6) is 0 Å². The molecule has 1 aromatic heterocycles. The van der Waals surface area contributed by atoms with Gasteiger partial charge < -0.3 is 14.2 Å². The zero-order valence-corrected chi connectivity index (χ0v) is 15.0. The topological polar surface area (TPSA) is 53.8 Å². The van der Waals surface area contributed by atoms with Gasteiger partial charge in [0.2, 0.25) is 5.91 Å². The summed E-state index contributed by atoms with van der Waals surface area (Å²) in [7, 11) is 0. The molecular formula is C20H24N2O3. The lowest BCUT2D eigenvalue weighted by atomic mass is 9.97. The van der Waals surface area contributed by atoms with Gasteiger partial charge in [-0.25, -0.2) is 0 Å². The predicted octanol–water partition coefficient (Wildman–Crippen LogP) is 2.73. The largest absolute Gasteiger partial charge is 0.459 e. The standard InChI is InChI=1S/C20H24N2O3/c1-14-11-15(2)17(16(3)12-14)13-19(23)21-6-8-22(9-7-21)20(24)18-5-4-10-25-18/h4-5,10-12H,6-9,13H2,1-3H3. The molecule has 1 saturated heterocycles. The number of nitrogens with zero attached hydrogens (tertiary/aromatic N) is 2. The molecule has 0 spiro atoms. The van der Waals surface area contributed by atoms with Crippen LogP contribution in [0.2, 0.25) is 0 Å².